The second kappa shape index (κ2) is 4.83. The van der Waals surface area contributed by atoms with E-state index in [4.69, 9.17) is 4.74 Å². The van der Waals surface area contributed by atoms with Gasteiger partial charge in [0.1, 0.15) is 0 Å². The molecular weight excluding hydrogens is 202 g/mol. The molecule has 1 heterocycles. The fourth-order valence-corrected chi connectivity index (χ4v) is 2.17. The van der Waals surface area contributed by atoms with Gasteiger partial charge in [0.2, 0.25) is 5.91 Å². The molecule has 0 aromatic rings. The Labute approximate surface area is 96.6 Å². The third-order valence-corrected chi connectivity index (χ3v) is 3.44. The Morgan fingerprint density at radius 1 is 1.50 bits per heavy atom. The monoisotopic (exact) mass is 221 g/mol. The molecule has 0 aromatic heterocycles. The van der Waals surface area contributed by atoms with Crippen LogP contribution in [0.4, 0.5) is 0 Å². The van der Waals surface area contributed by atoms with Gasteiger partial charge in [-0.2, -0.15) is 0 Å². The molecule has 0 aromatic carbocycles. The van der Waals surface area contributed by atoms with Crippen molar-refractivity contribution in [1.82, 2.24) is 5.32 Å². The Bertz CT molecular complexity index is 329. The zero-order valence-electron chi connectivity index (χ0n) is 9.79. The predicted molar refractivity (Wildman–Crippen MR) is 63.0 cm³/mol. The van der Waals surface area contributed by atoms with Gasteiger partial charge in [-0.15, -0.1) is 0 Å². The molecule has 1 unspecified atom stereocenters. The van der Waals surface area contributed by atoms with E-state index in [9.17, 15) is 4.79 Å². The molecule has 1 amide bonds. The molecule has 1 aliphatic heterocycles. The summed E-state index contributed by atoms with van der Waals surface area (Å²) >= 11 is 0. The first-order valence-corrected chi connectivity index (χ1v) is 5.90. The van der Waals surface area contributed by atoms with Gasteiger partial charge in [0.05, 0.1) is 25.2 Å². The summed E-state index contributed by atoms with van der Waals surface area (Å²) in [5, 5.41) is 3.01. The van der Waals surface area contributed by atoms with Crippen LogP contribution < -0.4 is 5.32 Å². The second-order valence-electron chi connectivity index (χ2n) is 4.60. The summed E-state index contributed by atoms with van der Waals surface area (Å²) in [7, 11) is 0. The number of hydrogen-bond acceptors (Lipinski definition) is 2. The average Bonchev–Trinajstić information content (AvgIpc) is 2.24. The van der Waals surface area contributed by atoms with Gasteiger partial charge in [0, 0.05) is 0 Å². The fourth-order valence-electron chi connectivity index (χ4n) is 2.17. The highest BCUT2D eigenvalue weighted by atomic mass is 16.5. The van der Waals surface area contributed by atoms with Crippen LogP contribution in [-0.2, 0) is 9.53 Å². The molecule has 88 valence electrons. The molecule has 3 heteroatoms. The zero-order chi connectivity index (χ0) is 11.5. The van der Waals surface area contributed by atoms with Gasteiger partial charge < -0.3 is 10.1 Å². The lowest BCUT2D eigenvalue weighted by molar-refractivity contribution is -0.128. The number of carbonyl (C=O) groups is 1. The van der Waals surface area contributed by atoms with E-state index >= 15 is 0 Å². The zero-order valence-corrected chi connectivity index (χ0v) is 9.79. The summed E-state index contributed by atoms with van der Waals surface area (Å²) in [5.74, 6) is 0.0953. The van der Waals surface area contributed by atoms with Crippen molar-refractivity contribution in [2.75, 3.05) is 13.2 Å². The standard InChI is InChI=1S/C13H19NO2/c1-3-10-5-4-9(2)12(6-10)13(15)14-11-7-16-8-11/h3,11-12H,2,4-8H2,1H3,(H,14,15)/b10-3+. The van der Waals surface area contributed by atoms with Crippen molar-refractivity contribution in [3.05, 3.63) is 23.8 Å². The number of nitrogens with one attached hydrogen (secondary N) is 1. The number of allylic oxidation sites excluding steroid dienone is 2. The molecule has 1 atom stereocenters. The number of carbonyl (C=O) groups excluding carboxylic acids is 1. The van der Waals surface area contributed by atoms with Gasteiger partial charge >= 0.3 is 0 Å². The highest BCUT2D eigenvalue weighted by Crippen LogP contribution is 2.32. The van der Waals surface area contributed by atoms with Crippen molar-refractivity contribution < 1.29 is 9.53 Å². The van der Waals surface area contributed by atoms with Crippen LogP contribution in [-0.4, -0.2) is 25.2 Å². The molecule has 0 bridgehead atoms. The number of amides is 1. The molecule has 0 radical (unpaired) electrons. The lowest BCUT2D eigenvalue weighted by Crippen LogP contribution is -2.50. The summed E-state index contributed by atoms with van der Waals surface area (Å²) < 4.78 is 5.04. The average molecular weight is 221 g/mol. The van der Waals surface area contributed by atoms with E-state index in [-0.39, 0.29) is 17.9 Å². The summed E-state index contributed by atoms with van der Waals surface area (Å²) in [6, 6.07) is 0.219. The molecule has 3 nitrogen and oxygen atoms in total. The topological polar surface area (TPSA) is 38.3 Å². The van der Waals surface area contributed by atoms with Crippen LogP contribution in [0.3, 0.4) is 0 Å². The summed E-state index contributed by atoms with van der Waals surface area (Å²) in [6.07, 6.45) is 4.97. The Hall–Kier alpha value is -1.09. The molecule has 0 spiro atoms. The minimum Gasteiger partial charge on any atom is -0.377 e. The van der Waals surface area contributed by atoms with Gasteiger partial charge in [-0.3, -0.25) is 4.79 Å². The number of hydrogen-bond donors (Lipinski definition) is 1. The Morgan fingerprint density at radius 2 is 2.25 bits per heavy atom. The van der Waals surface area contributed by atoms with Crippen LogP contribution in [0.2, 0.25) is 0 Å². The molecule has 1 saturated carbocycles. The van der Waals surface area contributed by atoms with Gasteiger partial charge in [0.25, 0.3) is 0 Å². The van der Waals surface area contributed by atoms with E-state index in [0.29, 0.717) is 13.2 Å². The van der Waals surface area contributed by atoms with Gasteiger partial charge in [0.15, 0.2) is 0 Å². The first-order valence-electron chi connectivity index (χ1n) is 5.90. The normalized spacial score (nSPS) is 28.9. The molecule has 1 N–H and O–H groups in total. The van der Waals surface area contributed by atoms with E-state index in [1.807, 2.05) is 6.92 Å². The van der Waals surface area contributed by atoms with E-state index in [1.54, 1.807) is 0 Å². The maximum Gasteiger partial charge on any atom is 0.227 e. The highest BCUT2D eigenvalue weighted by molar-refractivity contribution is 5.82. The minimum atomic E-state index is -0.0273. The van der Waals surface area contributed by atoms with Gasteiger partial charge in [-0.25, -0.2) is 0 Å². The first kappa shape index (κ1) is 11.4. The fraction of sp³-hybridized carbons (Fsp3) is 0.615. The van der Waals surface area contributed by atoms with Gasteiger partial charge in [-0.05, 0) is 26.2 Å². The maximum atomic E-state index is 12.0. The van der Waals surface area contributed by atoms with Crippen LogP contribution in [0.1, 0.15) is 26.2 Å². The summed E-state index contributed by atoms with van der Waals surface area (Å²) in [6.45, 7) is 7.37. The van der Waals surface area contributed by atoms with Crippen LogP contribution in [0.5, 0.6) is 0 Å². The lowest BCUT2D eigenvalue weighted by Gasteiger charge is -2.31. The van der Waals surface area contributed by atoms with Crippen molar-refractivity contribution in [3.63, 3.8) is 0 Å². The Balaban J connectivity index is 1.94. The predicted octanol–water partition coefficient (Wildman–Crippen LogP) is 1.80. The van der Waals surface area contributed by atoms with E-state index in [0.717, 1.165) is 24.8 Å². The molecule has 16 heavy (non-hydrogen) atoms. The van der Waals surface area contributed by atoms with Crippen LogP contribution in [0.25, 0.3) is 0 Å². The first-order chi connectivity index (χ1) is 7.70. The smallest absolute Gasteiger partial charge is 0.227 e. The molecule has 2 fully saturated rings. The van der Waals surface area contributed by atoms with Crippen molar-refractivity contribution >= 4 is 5.91 Å². The quantitative estimate of drug-likeness (QED) is 0.722. The second-order valence-corrected chi connectivity index (χ2v) is 4.60. The SMILES string of the molecule is C=C1CC/C(=C\C)CC1C(=O)NC1COC1. The third kappa shape index (κ3) is 2.35. The van der Waals surface area contributed by atoms with Crippen LogP contribution in [0.15, 0.2) is 23.8 Å². The Kier molecular flexibility index (Phi) is 3.44. The molecular formula is C13H19NO2. The van der Waals surface area contributed by atoms with Crippen molar-refractivity contribution in [1.29, 1.82) is 0 Å². The van der Waals surface area contributed by atoms with Crippen molar-refractivity contribution in [2.45, 2.75) is 32.2 Å². The largest absolute Gasteiger partial charge is 0.377 e. The van der Waals surface area contributed by atoms with Gasteiger partial charge in [-0.1, -0.05) is 23.8 Å². The number of ether oxygens (including phenoxy) is 1. The van der Waals surface area contributed by atoms with Crippen molar-refractivity contribution in [2.24, 2.45) is 5.92 Å². The summed E-state index contributed by atoms with van der Waals surface area (Å²) in [5.41, 5.74) is 2.45. The summed E-state index contributed by atoms with van der Waals surface area (Å²) in [4.78, 5) is 12.0. The number of rotatable bonds is 2. The molecule has 1 saturated heterocycles. The molecule has 2 aliphatic rings. The minimum absolute atomic E-state index is 0.0273. The molecule has 2 rings (SSSR count). The maximum absolute atomic E-state index is 12.0. The lowest BCUT2D eigenvalue weighted by atomic mass is 9.81. The van der Waals surface area contributed by atoms with Crippen LogP contribution >= 0.6 is 0 Å². The van der Waals surface area contributed by atoms with E-state index in [2.05, 4.69) is 18.0 Å². The van der Waals surface area contributed by atoms with Crippen molar-refractivity contribution in [3.8, 4) is 0 Å². The molecule has 1 aliphatic carbocycles. The van der Waals surface area contributed by atoms with E-state index < -0.39 is 0 Å². The highest BCUT2D eigenvalue weighted by Gasteiger charge is 2.29. The third-order valence-electron chi connectivity index (χ3n) is 3.44. The Morgan fingerprint density at radius 3 is 2.81 bits per heavy atom. The van der Waals surface area contributed by atoms with E-state index in [1.165, 1.54) is 5.57 Å². The van der Waals surface area contributed by atoms with Crippen LogP contribution in [0, 0.1) is 5.92 Å².